The van der Waals surface area contributed by atoms with E-state index in [0.717, 1.165) is 11.6 Å². The Morgan fingerprint density at radius 3 is 2.52 bits per heavy atom. The highest BCUT2D eigenvalue weighted by Gasteiger charge is 2.35. The second-order valence-corrected chi connectivity index (χ2v) is 10.7. The second kappa shape index (κ2) is 11.1. The van der Waals surface area contributed by atoms with Gasteiger partial charge in [0.05, 0.1) is 11.4 Å². The van der Waals surface area contributed by atoms with Crippen molar-refractivity contribution in [2.75, 3.05) is 5.32 Å². The maximum Gasteiger partial charge on any atom is 0.433 e. The van der Waals surface area contributed by atoms with E-state index >= 15 is 0 Å². The highest BCUT2D eigenvalue weighted by atomic mass is 35.5. The lowest BCUT2D eigenvalue weighted by Gasteiger charge is -2.11. The molecule has 1 aromatic carbocycles. The third kappa shape index (κ3) is 5.67. The van der Waals surface area contributed by atoms with Gasteiger partial charge in [0.1, 0.15) is 21.2 Å². The summed E-state index contributed by atoms with van der Waals surface area (Å²) in [5.41, 5.74) is 6.10. The van der Waals surface area contributed by atoms with Gasteiger partial charge in [0.2, 0.25) is 0 Å². The fourth-order valence-corrected chi connectivity index (χ4v) is 5.57. The number of nitrogens with two attached hydrogens (primary N) is 1. The lowest BCUT2D eigenvalue weighted by Crippen LogP contribution is -2.18. The molecule has 0 radical (unpaired) electrons. The zero-order valence-corrected chi connectivity index (χ0v) is 24.0. The fraction of sp³-hybridized carbons (Fsp3) is 0.222. The van der Waals surface area contributed by atoms with Crippen LogP contribution in [0.25, 0.3) is 21.3 Å². The predicted molar refractivity (Wildman–Crippen MR) is 152 cm³/mol. The average Bonchev–Trinajstić information content (AvgIpc) is 3.64. The van der Waals surface area contributed by atoms with Crippen molar-refractivity contribution in [3.05, 3.63) is 75.3 Å². The molecule has 3 N–H and O–H groups in total. The Morgan fingerprint density at radius 1 is 1.12 bits per heavy atom. The number of rotatable bonds is 8. The zero-order chi connectivity index (χ0) is 30.3. The number of nitrogens with zero attached hydrogens (tertiary/aromatic N) is 5. The smallest absolute Gasteiger partial charge is 0.433 e. The van der Waals surface area contributed by atoms with Gasteiger partial charge in [-0.3, -0.25) is 14.3 Å². The number of benzene rings is 1. The first kappa shape index (κ1) is 29.1. The third-order valence-corrected chi connectivity index (χ3v) is 7.67. The molecule has 0 atom stereocenters. The van der Waals surface area contributed by atoms with Crippen LogP contribution in [0.4, 0.5) is 18.9 Å². The molecule has 5 rings (SSSR count). The van der Waals surface area contributed by atoms with Gasteiger partial charge in [0.25, 0.3) is 11.8 Å². The van der Waals surface area contributed by atoms with Crippen molar-refractivity contribution in [2.45, 2.75) is 40.2 Å². The number of fused-ring (bicyclic) bond motifs is 1. The van der Waals surface area contributed by atoms with Crippen LogP contribution in [0.5, 0.6) is 5.75 Å². The van der Waals surface area contributed by atoms with Crippen LogP contribution < -0.4 is 15.8 Å². The van der Waals surface area contributed by atoms with Gasteiger partial charge >= 0.3 is 6.18 Å². The van der Waals surface area contributed by atoms with Crippen LogP contribution >= 0.6 is 22.9 Å². The highest BCUT2D eigenvalue weighted by molar-refractivity contribution is 7.21. The Hall–Kier alpha value is -4.43. The quantitative estimate of drug-likeness (QED) is 0.218. The fourth-order valence-electron chi connectivity index (χ4n) is 4.34. The molecular formula is C27H23ClF3N7O3S. The number of anilines is 1. The molecule has 0 saturated heterocycles. The van der Waals surface area contributed by atoms with Gasteiger partial charge in [0, 0.05) is 34.9 Å². The number of aryl methyl sites for hydroxylation is 3. The van der Waals surface area contributed by atoms with Crippen molar-refractivity contribution in [1.82, 2.24) is 24.5 Å². The van der Waals surface area contributed by atoms with E-state index in [0.29, 0.717) is 39.9 Å². The minimum Gasteiger partial charge on any atom is -0.471 e. The third-order valence-electron chi connectivity index (χ3n) is 6.34. The van der Waals surface area contributed by atoms with Gasteiger partial charge in [0.15, 0.2) is 12.4 Å². The Balaban J connectivity index is 1.53. The van der Waals surface area contributed by atoms with Crippen LogP contribution in [0.15, 0.2) is 42.7 Å². The van der Waals surface area contributed by atoms with Crippen LogP contribution in [0, 0.1) is 13.8 Å². The molecule has 218 valence electrons. The molecule has 0 aliphatic carbocycles. The number of pyridine rings is 1. The highest BCUT2D eigenvalue weighted by Crippen LogP contribution is 2.44. The van der Waals surface area contributed by atoms with Gasteiger partial charge in [-0.05, 0) is 62.2 Å². The Bertz CT molecular complexity index is 1840. The summed E-state index contributed by atoms with van der Waals surface area (Å²) in [7, 11) is 0. The number of carbonyl (C=O) groups is 2. The van der Waals surface area contributed by atoms with Crippen molar-refractivity contribution in [3.8, 4) is 16.9 Å². The number of aromatic nitrogens is 5. The molecule has 0 bridgehead atoms. The summed E-state index contributed by atoms with van der Waals surface area (Å²) in [4.78, 5) is 29.2. The van der Waals surface area contributed by atoms with Gasteiger partial charge in [-0.25, -0.2) is 9.67 Å². The van der Waals surface area contributed by atoms with E-state index in [9.17, 15) is 22.8 Å². The zero-order valence-electron chi connectivity index (χ0n) is 22.4. The van der Waals surface area contributed by atoms with Crippen LogP contribution in [0.3, 0.4) is 0 Å². The number of alkyl halides is 3. The summed E-state index contributed by atoms with van der Waals surface area (Å²) in [6.45, 7) is 5.78. The molecule has 5 aromatic rings. The van der Waals surface area contributed by atoms with Gasteiger partial charge in [-0.1, -0.05) is 11.6 Å². The van der Waals surface area contributed by atoms with E-state index in [1.165, 1.54) is 16.9 Å². The molecule has 10 nitrogen and oxygen atoms in total. The number of ether oxygens (including phenoxy) is 1. The first-order chi connectivity index (χ1) is 19.8. The van der Waals surface area contributed by atoms with Crippen molar-refractivity contribution in [2.24, 2.45) is 5.73 Å². The molecule has 0 saturated carbocycles. The van der Waals surface area contributed by atoms with Crippen molar-refractivity contribution in [1.29, 1.82) is 0 Å². The summed E-state index contributed by atoms with van der Waals surface area (Å²) in [5.74, 6) is -1.08. The minimum absolute atomic E-state index is 0.0152. The van der Waals surface area contributed by atoms with E-state index in [1.807, 2.05) is 13.8 Å². The number of carbonyl (C=O) groups excluding carboxylic acids is 2. The van der Waals surface area contributed by atoms with Crippen LogP contribution in [0.2, 0.25) is 5.02 Å². The maximum atomic E-state index is 13.8. The largest absolute Gasteiger partial charge is 0.471 e. The van der Waals surface area contributed by atoms with E-state index < -0.39 is 23.7 Å². The monoisotopic (exact) mass is 617 g/mol. The van der Waals surface area contributed by atoms with E-state index in [1.54, 1.807) is 36.0 Å². The van der Waals surface area contributed by atoms with Crippen molar-refractivity contribution in [3.63, 3.8) is 0 Å². The van der Waals surface area contributed by atoms with E-state index in [-0.39, 0.29) is 38.8 Å². The molecule has 0 aliphatic heterocycles. The average molecular weight is 618 g/mol. The van der Waals surface area contributed by atoms with Crippen LogP contribution in [-0.2, 0) is 19.5 Å². The van der Waals surface area contributed by atoms with Crippen molar-refractivity contribution < 1.29 is 27.5 Å². The van der Waals surface area contributed by atoms with Gasteiger partial charge < -0.3 is 15.8 Å². The van der Waals surface area contributed by atoms with E-state index in [2.05, 4.69) is 20.5 Å². The molecule has 0 unspecified atom stereocenters. The molecule has 15 heteroatoms. The summed E-state index contributed by atoms with van der Waals surface area (Å²) in [6.07, 6.45) is -1.65. The molecule has 2 amide bonds. The predicted octanol–water partition coefficient (Wildman–Crippen LogP) is 6.05. The summed E-state index contributed by atoms with van der Waals surface area (Å²) >= 11 is 6.64. The normalized spacial score (nSPS) is 11.7. The minimum atomic E-state index is -4.77. The second-order valence-electron chi connectivity index (χ2n) is 9.27. The van der Waals surface area contributed by atoms with Crippen LogP contribution in [0.1, 0.15) is 44.0 Å². The Morgan fingerprint density at radius 2 is 1.88 bits per heavy atom. The lowest BCUT2D eigenvalue weighted by molar-refractivity contribution is -0.140. The summed E-state index contributed by atoms with van der Waals surface area (Å²) < 4.78 is 50.2. The van der Waals surface area contributed by atoms with E-state index in [4.69, 9.17) is 22.1 Å². The number of nitrogens with one attached hydrogen (secondary N) is 1. The SMILES string of the molecule is CCn1cc(-c2cc(C(F)(F)F)nc3sc(C(N)=O)c(NC(=O)c4ccn(COc5ccc(Cl)cc5C)n4)c23)c(C)n1. The van der Waals surface area contributed by atoms with Gasteiger partial charge in [-0.15, -0.1) is 11.3 Å². The first-order valence-corrected chi connectivity index (χ1v) is 13.7. The molecule has 0 spiro atoms. The topological polar surface area (TPSA) is 130 Å². The van der Waals surface area contributed by atoms with Crippen LogP contribution in [-0.4, -0.2) is 36.4 Å². The first-order valence-electron chi connectivity index (χ1n) is 12.5. The molecule has 0 fully saturated rings. The molecule has 4 heterocycles. The summed E-state index contributed by atoms with van der Waals surface area (Å²) in [5, 5.41) is 11.9. The Labute approximate surface area is 245 Å². The molecular weight excluding hydrogens is 595 g/mol. The number of amides is 2. The summed E-state index contributed by atoms with van der Waals surface area (Å²) in [6, 6.07) is 7.45. The molecule has 42 heavy (non-hydrogen) atoms. The maximum absolute atomic E-state index is 13.8. The lowest BCUT2D eigenvalue weighted by atomic mass is 10.0. The van der Waals surface area contributed by atoms with Gasteiger partial charge in [-0.2, -0.15) is 23.4 Å². The number of primary amides is 1. The number of hydrogen-bond acceptors (Lipinski definition) is 7. The number of thiophene rings is 1. The van der Waals surface area contributed by atoms with Crippen molar-refractivity contribution >= 4 is 50.7 Å². The molecule has 0 aliphatic rings. The number of hydrogen-bond donors (Lipinski definition) is 2. The standard InChI is InChI=1S/C27H23ClF3N7O3S/c1-4-37-11-17(14(3)35-37)16-10-20(27(29,30)31)33-26-21(16)22(23(42-26)24(32)39)34-25(40)18-7-8-38(36-18)12-41-19-6-5-15(28)9-13(19)2/h5-11H,4,12H2,1-3H3,(H2,32,39)(H,34,40). The molecule has 4 aromatic heterocycles. The number of halogens is 4. The Kier molecular flexibility index (Phi) is 7.68.